The van der Waals surface area contributed by atoms with Crippen LogP contribution in [0.5, 0.6) is 0 Å². The molecule has 2 aromatic rings. The van der Waals surface area contributed by atoms with Crippen LogP contribution in [0.4, 0.5) is 4.79 Å². The number of aliphatic carboxylic acids is 1. The van der Waals surface area contributed by atoms with E-state index in [9.17, 15) is 24.0 Å². The second-order valence-corrected chi connectivity index (χ2v) is 10.2. The van der Waals surface area contributed by atoms with Crippen molar-refractivity contribution in [2.24, 2.45) is 0 Å². The largest absolute Gasteiger partial charge is 0.481 e. The van der Waals surface area contributed by atoms with Crippen LogP contribution in [-0.2, 0) is 23.9 Å². The number of fused-ring (bicyclic) bond motifs is 3. The number of unbranched alkanes of at least 4 members (excludes halogenated alkanes) is 2. The molecule has 1 aliphatic rings. The molecule has 0 bridgehead atoms. The van der Waals surface area contributed by atoms with Crippen molar-refractivity contribution in [3.63, 3.8) is 0 Å². The van der Waals surface area contributed by atoms with Crippen LogP contribution in [-0.4, -0.2) is 60.8 Å². The second kappa shape index (κ2) is 16.8. The molecule has 3 rings (SSSR count). The molecule has 1 aliphatic carbocycles. The molecule has 0 aliphatic heterocycles. The van der Waals surface area contributed by atoms with Gasteiger partial charge in [-0.2, -0.15) is 0 Å². The lowest BCUT2D eigenvalue weighted by molar-refractivity contribution is -0.139. The Labute approximate surface area is 245 Å². The number of hydrogen-bond donors (Lipinski definition) is 5. The average molecular weight is 581 g/mol. The Morgan fingerprint density at radius 2 is 1.48 bits per heavy atom. The Kier molecular flexibility index (Phi) is 12.8. The molecule has 5 N–H and O–H groups in total. The number of carbonyl (C=O) groups excluding carboxylic acids is 4. The van der Waals surface area contributed by atoms with Crippen molar-refractivity contribution in [2.45, 2.75) is 70.3 Å². The quantitative estimate of drug-likeness (QED) is 0.141. The van der Waals surface area contributed by atoms with Crippen molar-refractivity contribution in [1.29, 1.82) is 0 Å². The summed E-state index contributed by atoms with van der Waals surface area (Å²) in [5.74, 6) is -2.23. The van der Waals surface area contributed by atoms with Crippen molar-refractivity contribution < 1.29 is 33.8 Å². The molecule has 0 spiro atoms. The fourth-order valence-electron chi connectivity index (χ4n) is 4.91. The normalized spacial score (nSPS) is 12.4. The second-order valence-electron chi connectivity index (χ2n) is 10.2. The number of rotatable bonds is 17. The van der Waals surface area contributed by atoms with E-state index in [0.717, 1.165) is 11.1 Å². The number of carbonyl (C=O) groups is 5. The molecule has 4 amide bonds. The number of benzene rings is 2. The van der Waals surface area contributed by atoms with Gasteiger partial charge in [0.15, 0.2) is 0 Å². The maximum Gasteiger partial charge on any atom is 0.407 e. The van der Waals surface area contributed by atoms with Gasteiger partial charge in [-0.1, -0.05) is 68.3 Å². The van der Waals surface area contributed by atoms with Gasteiger partial charge in [-0.3, -0.25) is 19.2 Å². The van der Waals surface area contributed by atoms with Crippen molar-refractivity contribution in [1.82, 2.24) is 21.3 Å². The Hall–Kier alpha value is -4.41. The zero-order valence-corrected chi connectivity index (χ0v) is 23.9. The topological polar surface area (TPSA) is 163 Å². The first kappa shape index (κ1) is 32.1. The third kappa shape index (κ3) is 9.90. The lowest BCUT2D eigenvalue weighted by atomic mass is 9.98. The monoisotopic (exact) mass is 580 g/mol. The number of carboxylic acid groups (broad SMARTS) is 1. The summed E-state index contributed by atoms with van der Waals surface area (Å²) in [6.45, 7) is 2.43. The van der Waals surface area contributed by atoms with Gasteiger partial charge in [-0.05, 0) is 41.5 Å². The van der Waals surface area contributed by atoms with Gasteiger partial charge in [0, 0.05) is 25.3 Å². The summed E-state index contributed by atoms with van der Waals surface area (Å²) in [4.78, 5) is 59.2. The van der Waals surface area contributed by atoms with Gasteiger partial charge in [-0.25, -0.2) is 4.79 Å². The molecule has 226 valence electrons. The molecule has 0 heterocycles. The number of carboxylic acids is 1. The molecular formula is C31H40N4O7. The zero-order chi connectivity index (χ0) is 30.3. The van der Waals surface area contributed by atoms with E-state index >= 15 is 0 Å². The highest BCUT2D eigenvalue weighted by Crippen LogP contribution is 2.44. The van der Waals surface area contributed by atoms with Gasteiger partial charge < -0.3 is 31.1 Å². The summed E-state index contributed by atoms with van der Waals surface area (Å²) in [6.07, 6.45) is 2.40. The van der Waals surface area contributed by atoms with Gasteiger partial charge in [0.1, 0.15) is 12.6 Å². The molecule has 0 aromatic heterocycles. The van der Waals surface area contributed by atoms with E-state index in [-0.39, 0.29) is 44.4 Å². The molecule has 0 saturated heterocycles. The Morgan fingerprint density at radius 1 is 0.810 bits per heavy atom. The summed E-state index contributed by atoms with van der Waals surface area (Å²) in [7, 11) is 0. The molecule has 42 heavy (non-hydrogen) atoms. The molecule has 2 aromatic carbocycles. The number of alkyl carbamates (subject to hydrolysis) is 1. The van der Waals surface area contributed by atoms with Crippen LogP contribution in [0.15, 0.2) is 48.5 Å². The smallest absolute Gasteiger partial charge is 0.407 e. The van der Waals surface area contributed by atoms with Crippen molar-refractivity contribution in [2.75, 3.05) is 19.8 Å². The summed E-state index contributed by atoms with van der Waals surface area (Å²) < 4.78 is 5.54. The minimum Gasteiger partial charge on any atom is -0.481 e. The molecule has 11 heteroatoms. The van der Waals surface area contributed by atoms with E-state index in [1.54, 1.807) is 0 Å². The zero-order valence-electron chi connectivity index (χ0n) is 23.9. The standard InChI is InChI=1S/C31H40N4O7/c1-2-10-26(30(40)34-20-33-27(36)16-17-29(38)39)35-28(37)15-4-3-9-18-32-31(41)42-19-25-23-13-7-5-11-21(23)22-12-6-8-14-24(22)25/h5-8,11-14,25-26H,2-4,9-10,15-20H2,1H3,(H,32,41)(H,33,36)(H,34,40)(H,35,37)(H,38,39). The van der Waals surface area contributed by atoms with E-state index in [1.807, 2.05) is 31.2 Å². The van der Waals surface area contributed by atoms with E-state index in [4.69, 9.17) is 9.84 Å². The summed E-state index contributed by atoms with van der Waals surface area (Å²) in [5.41, 5.74) is 4.66. The minimum atomic E-state index is -1.08. The fourth-order valence-corrected chi connectivity index (χ4v) is 4.91. The number of hydrogen-bond acceptors (Lipinski definition) is 6. The summed E-state index contributed by atoms with van der Waals surface area (Å²) in [6, 6.07) is 15.6. The Bertz CT molecular complexity index is 1200. The molecule has 1 atom stereocenters. The fraction of sp³-hybridized carbons (Fsp3) is 0.452. The first-order valence-corrected chi connectivity index (χ1v) is 14.4. The predicted molar refractivity (Wildman–Crippen MR) is 156 cm³/mol. The van der Waals surface area contributed by atoms with Gasteiger partial charge >= 0.3 is 12.1 Å². The van der Waals surface area contributed by atoms with Gasteiger partial charge in [0.05, 0.1) is 13.1 Å². The maximum atomic E-state index is 12.4. The van der Waals surface area contributed by atoms with Crippen LogP contribution in [0.25, 0.3) is 11.1 Å². The van der Waals surface area contributed by atoms with Crippen LogP contribution in [0.2, 0.25) is 0 Å². The van der Waals surface area contributed by atoms with Gasteiger partial charge in [0.2, 0.25) is 17.7 Å². The van der Waals surface area contributed by atoms with Crippen molar-refractivity contribution in [3.8, 4) is 11.1 Å². The molecule has 0 radical (unpaired) electrons. The first-order valence-electron chi connectivity index (χ1n) is 14.4. The van der Waals surface area contributed by atoms with Crippen LogP contribution < -0.4 is 21.3 Å². The maximum absolute atomic E-state index is 12.4. The average Bonchev–Trinajstić information content (AvgIpc) is 3.30. The number of nitrogens with one attached hydrogen (secondary N) is 4. The Morgan fingerprint density at radius 3 is 2.12 bits per heavy atom. The van der Waals surface area contributed by atoms with Crippen LogP contribution >= 0.6 is 0 Å². The molecule has 0 saturated carbocycles. The highest BCUT2D eigenvalue weighted by atomic mass is 16.5. The summed E-state index contributed by atoms with van der Waals surface area (Å²) in [5, 5.41) is 19.1. The van der Waals surface area contributed by atoms with Crippen LogP contribution in [0, 0.1) is 0 Å². The van der Waals surface area contributed by atoms with Crippen molar-refractivity contribution >= 4 is 29.8 Å². The van der Waals surface area contributed by atoms with E-state index in [1.165, 1.54) is 11.1 Å². The SMILES string of the molecule is CCCC(NC(=O)CCCCCNC(=O)OCC1c2ccccc2-c2ccccc21)C(=O)NCNC(=O)CCC(=O)O. The highest BCUT2D eigenvalue weighted by molar-refractivity contribution is 5.88. The number of ether oxygens (including phenoxy) is 1. The third-order valence-corrected chi connectivity index (χ3v) is 7.04. The first-order chi connectivity index (χ1) is 20.3. The highest BCUT2D eigenvalue weighted by Gasteiger charge is 2.29. The third-order valence-electron chi connectivity index (χ3n) is 7.04. The number of amides is 4. The summed E-state index contributed by atoms with van der Waals surface area (Å²) >= 11 is 0. The molecule has 11 nitrogen and oxygen atoms in total. The van der Waals surface area contributed by atoms with E-state index in [2.05, 4.69) is 45.5 Å². The Balaban J connectivity index is 1.28. The minimum absolute atomic E-state index is 0.00264. The molecule has 0 fully saturated rings. The van der Waals surface area contributed by atoms with Crippen molar-refractivity contribution in [3.05, 3.63) is 59.7 Å². The van der Waals surface area contributed by atoms with Gasteiger partial charge in [-0.15, -0.1) is 0 Å². The van der Waals surface area contributed by atoms with E-state index < -0.39 is 29.9 Å². The molecular weight excluding hydrogens is 540 g/mol. The van der Waals surface area contributed by atoms with Gasteiger partial charge in [0.25, 0.3) is 0 Å². The lowest BCUT2D eigenvalue weighted by Gasteiger charge is -2.18. The van der Waals surface area contributed by atoms with Crippen LogP contribution in [0.3, 0.4) is 0 Å². The predicted octanol–water partition coefficient (Wildman–Crippen LogP) is 3.43. The lowest BCUT2D eigenvalue weighted by Crippen LogP contribution is -2.49. The van der Waals surface area contributed by atoms with Crippen LogP contribution in [0.1, 0.15) is 75.3 Å². The van der Waals surface area contributed by atoms with E-state index in [0.29, 0.717) is 38.6 Å². The molecule has 1 unspecified atom stereocenters.